The third-order valence-electron chi connectivity index (χ3n) is 2.90. The smallest absolute Gasteiger partial charge is 0.416 e. The molecule has 0 atom stereocenters. The molecule has 0 aliphatic rings. The maximum absolute atomic E-state index is 13.5. The van der Waals surface area contributed by atoms with Gasteiger partial charge in [-0.15, -0.1) is 0 Å². The lowest BCUT2D eigenvalue weighted by atomic mass is 10.1. The molecule has 0 saturated carbocycles. The van der Waals surface area contributed by atoms with Crippen LogP contribution in [0.3, 0.4) is 0 Å². The fraction of sp³-hybridized carbons (Fsp3) is 0.500. The number of halogens is 4. The molecule has 1 aromatic rings. The lowest BCUT2D eigenvalue weighted by Gasteiger charge is -2.11. The molecular weight excluding hydrogens is 290 g/mol. The summed E-state index contributed by atoms with van der Waals surface area (Å²) in [7, 11) is 1.32. The van der Waals surface area contributed by atoms with Gasteiger partial charge in [-0.1, -0.05) is 6.42 Å². The van der Waals surface area contributed by atoms with Gasteiger partial charge in [0.15, 0.2) is 0 Å². The molecule has 0 spiro atoms. The fourth-order valence-electron chi connectivity index (χ4n) is 1.73. The molecule has 1 rings (SSSR count). The number of rotatable bonds is 7. The molecule has 0 radical (unpaired) electrons. The van der Waals surface area contributed by atoms with Crippen LogP contribution >= 0.6 is 0 Å². The Hall–Kier alpha value is -1.79. The van der Waals surface area contributed by atoms with Crippen molar-refractivity contribution < 1.29 is 27.1 Å². The molecule has 0 aromatic heterocycles. The highest BCUT2D eigenvalue weighted by Crippen LogP contribution is 2.31. The molecule has 3 nitrogen and oxygen atoms in total. The van der Waals surface area contributed by atoms with Crippen LogP contribution in [-0.4, -0.2) is 19.6 Å². The van der Waals surface area contributed by atoms with E-state index in [1.807, 2.05) is 0 Å². The Morgan fingerprint density at radius 2 is 1.95 bits per heavy atom. The van der Waals surface area contributed by atoms with Crippen LogP contribution in [0.4, 0.5) is 23.2 Å². The highest BCUT2D eigenvalue weighted by Gasteiger charge is 2.31. The summed E-state index contributed by atoms with van der Waals surface area (Å²) in [5, 5.41) is 2.74. The number of carbonyl (C=O) groups excluding carboxylic acids is 1. The Labute approximate surface area is 120 Å². The summed E-state index contributed by atoms with van der Waals surface area (Å²) >= 11 is 0. The van der Waals surface area contributed by atoms with Crippen molar-refractivity contribution in [1.82, 2.24) is 0 Å². The Morgan fingerprint density at radius 1 is 1.24 bits per heavy atom. The second-order valence-electron chi connectivity index (χ2n) is 4.51. The van der Waals surface area contributed by atoms with Crippen molar-refractivity contribution in [3.8, 4) is 0 Å². The van der Waals surface area contributed by atoms with Gasteiger partial charge >= 0.3 is 12.1 Å². The van der Waals surface area contributed by atoms with E-state index < -0.39 is 17.6 Å². The van der Waals surface area contributed by atoms with Crippen molar-refractivity contribution in [2.75, 3.05) is 19.0 Å². The van der Waals surface area contributed by atoms with Crippen LogP contribution in [0.15, 0.2) is 18.2 Å². The van der Waals surface area contributed by atoms with E-state index in [1.54, 1.807) is 0 Å². The number of alkyl halides is 3. The van der Waals surface area contributed by atoms with Gasteiger partial charge in [0.05, 0.1) is 18.4 Å². The first kappa shape index (κ1) is 17.3. The van der Waals surface area contributed by atoms with Gasteiger partial charge in [-0.05, 0) is 31.0 Å². The van der Waals surface area contributed by atoms with Crippen LogP contribution < -0.4 is 5.32 Å². The Kier molecular flexibility index (Phi) is 6.45. The van der Waals surface area contributed by atoms with E-state index in [0.29, 0.717) is 31.9 Å². The molecule has 21 heavy (non-hydrogen) atoms. The summed E-state index contributed by atoms with van der Waals surface area (Å²) in [5.74, 6) is -1.21. The summed E-state index contributed by atoms with van der Waals surface area (Å²) in [6.45, 7) is 0.420. The number of ether oxygens (including phenoxy) is 1. The van der Waals surface area contributed by atoms with Gasteiger partial charge in [0, 0.05) is 13.0 Å². The summed E-state index contributed by atoms with van der Waals surface area (Å²) in [5.41, 5.74) is -0.973. The van der Waals surface area contributed by atoms with Crippen LogP contribution in [-0.2, 0) is 15.7 Å². The summed E-state index contributed by atoms with van der Waals surface area (Å²) in [6, 6.07) is 2.38. The van der Waals surface area contributed by atoms with Crippen LogP contribution in [0.25, 0.3) is 0 Å². The molecule has 1 N–H and O–H groups in total. The van der Waals surface area contributed by atoms with Crippen molar-refractivity contribution in [3.05, 3.63) is 29.6 Å². The zero-order valence-electron chi connectivity index (χ0n) is 11.6. The van der Waals surface area contributed by atoms with E-state index in [-0.39, 0.29) is 11.7 Å². The molecule has 0 bridgehead atoms. The maximum Gasteiger partial charge on any atom is 0.416 e. The minimum Gasteiger partial charge on any atom is -0.469 e. The second kappa shape index (κ2) is 7.85. The van der Waals surface area contributed by atoms with Gasteiger partial charge in [0.1, 0.15) is 5.82 Å². The highest BCUT2D eigenvalue weighted by molar-refractivity contribution is 5.68. The number of benzene rings is 1. The summed E-state index contributed by atoms with van der Waals surface area (Å²) in [4.78, 5) is 10.8. The Bertz CT molecular complexity index is 475. The predicted molar refractivity (Wildman–Crippen MR) is 70.4 cm³/mol. The van der Waals surface area contributed by atoms with Crippen molar-refractivity contribution in [2.45, 2.75) is 31.9 Å². The second-order valence-corrected chi connectivity index (χ2v) is 4.51. The zero-order chi connectivity index (χ0) is 15.9. The van der Waals surface area contributed by atoms with E-state index in [4.69, 9.17) is 0 Å². The predicted octanol–water partition coefficient (Wildman–Crippen LogP) is 3.99. The van der Waals surface area contributed by atoms with Crippen LogP contribution in [0.2, 0.25) is 0 Å². The monoisotopic (exact) mass is 307 g/mol. The largest absolute Gasteiger partial charge is 0.469 e. The van der Waals surface area contributed by atoms with Gasteiger partial charge in [0.25, 0.3) is 0 Å². The molecule has 118 valence electrons. The number of hydrogen-bond acceptors (Lipinski definition) is 3. The molecule has 0 heterocycles. The van der Waals surface area contributed by atoms with E-state index in [9.17, 15) is 22.4 Å². The highest BCUT2D eigenvalue weighted by atomic mass is 19.4. The minimum atomic E-state index is -4.55. The third-order valence-corrected chi connectivity index (χ3v) is 2.90. The lowest BCUT2D eigenvalue weighted by molar-refractivity contribution is -0.140. The van der Waals surface area contributed by atoms with Crippen molar-refractivity contribution >= 4 is 11.7 Å². The first-order valence-electron chi connectivity index (χ1n) is 6.52. The van der Waals surface area contributed by atoms with E-state index >= 15 is 0 Å². The average Bonchev–Trinajstić information content (AvgIpc) is 2.42. The van der Waals surface area contributed by atoms with E-state index in [1.165, 1.54) is 7.11 Å². The number of anilines is 1. The molecular formula is C14H17F4NO2. The normalized spacial score (nSPS) is 11.3. The average molecular weight is 307 g/mol. The molecule has 0 fully saturated rings. The Balaban J connectivity index is 2.34. The fourth-order valence-corrected chi connectivity index (χ4v) is 1.73. The van der Waals surface area contributed by atoms with Crippen LogP contribution in [0.5, 0.6) is 0 Å². The van der Waals surface area contributed by atoms with Gasteiger partial charge in [-0.2, -0.15) is 13.2 Å². The van der Waals surface area contributed by atoms with Crippen molar-refractivity contribution in [3.63, 3.8) is 0 Å². The maximum atomic E-state index is 13.5. The van der Waals surface area contributed by atoms with Gasteiger partial charge in [-0.3, -0.25) is 4.79 Å². The molecule has 0 unspecified atom stereocenters. The molecule has 0 aliphatic heterocycles. The molecule has 1 aromatic carbocycles. The summed E-state index contributed by atoms with van der Waals surface area (Å²) < 4.78 is 55.0. The van der Waals surface area contributed by atoms with E-state index in [0.717, 1.165) is 18.6 Å². The topological polar surface area (TPSA) is 38.3 Å². The van der Waals surface area contributed by atoms with Crippen LogP contribution in [0, 0.1) is 5.82 Å². The third kappa shape index (κ3) is 6.01. The first-order valence-corrected chi connectivity index (χ1v) is 6.52. The van der Waals surface area contributed by atoms with E-state index in [2.05, 4.69) is 10.1 Å². The standard InChI is InChI=1S/C14H17F4NO2/c1-21-13(20)5-3-2-4-8-19-12-7-6-10(9-11(12)15)14(16,17)18/h6-7,9,19H,2-5,8H2,1H3. The van der Waals surface area contributed by atoms with Crippen molar-refractivity contribution in [2.24, 2.45) is 0 Å². The molecule has 0 saturated heterocycles. The van der Waals surface area contributed by atoms with Gasteiger partial charge in [-0.25, -0.2) is 4.39 Å². The first-order chi connectivity index (χ1) is 9.84. The minimum absolute atomic E-state index is 0.0379. The number of esters is 1. The molecule has 0 aliphatic carbocycles. The Morgan fingerprint density at radius 3 is 2.52 bits per heavy atom. The number of methoxy groups -OCH3 is 1. The zero-order valence-corrected chi connectivity index (χ0v) is 11.6. The summed E-state index contributed by atoms with van der Waals surface area (Å²) in [6.07, 6.45) is -2.15. The number of unbranched alkanes of at least 4 members (excludes halogenated alkanes) is 2. The number of nitrogens with one attached hydrogen (secondary N) is 1. The number of carbonyl (C=O) groups is 1. The lowest BCUT2D eigenvalue weighted by Crippen LogP contribution is -2.08. The SMILES string of the molecule is COC(=O)CCCCCNc1ccc(C(F)(F)F)cc1F. The molecule has 0 amide bonds. The van der Waals surface area contributed by atoms with Crippen LogP contribution in [0.1, 0.15) is 31.2 Å². The van der Waals surface area contributed by atoms with Crippen molar-refractivity contribution in [1.29, 1.82) is 0 Å². The molecule has 7 heteroatoms. The quantitative estimate of drug-likeness (QED) is 0.470. The number of hydrogen-bond donors (Lipinski definition) is 1. The van der Waals surface area contributed by atoms with Gasteiger partial charge in [0.2, 0.25) is 0 Å². The van der Waals surface area contributed by atoms with Gasteiger partial charge < -0.3 is 10.1 Å².